The molecule has 0 spiro atoms. The van der Waals surface area contributed by atoms with Crippen LogP contribution in [-0.2, 0) is 6.18 Å². The monoisotopic (exact) mass is 343 g/mol. The van der Waals surface area contributed by atoms with E-state index in [1.165, 1.54) is 0 Å². The molecule has 122 valence electrons. The van der Waals surface area contributed by atoms with E-state index in [9.17, 15) is 27.9 Å². The molecule has 0 unspecified atom stereocenters. The molecule has 8 heteroatoms. The number of carboxylic acids is 1. The number of carbonyl (C=O) groups is 2. The number of thiophene rings is 1. The van der Waals surface area contributed by atoms with Crippen molar-refractivity contribution < 1.29 is 27.9 Å². The Morgan fingerprint density at radius 3 is 2.17 bits per heavy atom. The van der Waals surface area contributed by atoms with Crippen LogP contribution in [0.1, 0.15) is 36.7 Å². The van der Waals surface area contributed by atoms with Crippen molar-refractivity contribution in [3.05, 3.63) is 51.4 Å². The lowest BCUT2D eigenvalue weighted by Gasteiger charge is -2.08. The highest BCUT2D eigenvalue weighted by Crippen LogP contribution is 2.33. The molecule has 0 bridgehead atoms. The molecule has 1 heterocycles. The first-order valence-electron chi connectivity index (χ1n) is 6.43. The maximum Gasteiger partial charge on any atom is 0.416 e. The van der Waals surface area contributed by atoms with Crippen LogP contribution in [-0.4, -0.2) is 17.0 Å². The Hall–Kier alpha value is -2.35. The van der Waals surface area contributed by atoms with Crippen LogP contribution >= 0.6 is 11.3 Å². The Balaban J connectivity index is 2.26. The number of nitrogens with one attached hydrogen (secondary N) is 1. The normalized spacial score (nSPS) is 11.3. The van der Waals surface area contributed by atoms with Gasteiger partial charge in [0.25, 0.3) is 5.91 Å². The third kappa shape index (κ3) is 3.53. The minimum absolute atomic E-state index is 0.00670. The Labute approximate surface area is 133 Å². The van der Waals surface area contributed by atoms with Gasteiger partial charge < -0.3 is 10.4 Å². The maximum atomic E-state index is 12.5. The van der Waals surface area contributed by atoms with Gasteiger partial charge in [-0.25, -0.2) is 4.79 Å². The molecular weight excluding hydrogens is 331 g/mol. The fraction of sp³-hybridized carbons (Fsp3) is 0.200. The highest BCUT2D eigenvalue weighted by Gasteiger charge is 2.30. The molecule has 1 amide bonds. The number of aromatic carboxylic acids is 1. The van der Waals surface area contributed by atoms with Gasteiger partial charge in [-0.2, -0.15) is 13.2 Å². The molecule has 0 fully saturated rings. The van der Waals surface area contributed by atoms with E-state index < -0.39 is 23.6 Å². The van der Waals surface area contributed by atoms with Gasteiger partial charge in [-0.1, -0.05) is 0 Å². The molecule has 2 aromatic rings. The summed E-state index contributed by atoms with van der Waals surface area (Å²) in [5.41, 5.74) is -0.306. The molecule has 23 heavy (non-hydrogen) atoms. The summed E-state index contributed by atoms with van der Waals surface area (Å²) < 4.78 is 37.5. The second-order valence-electron chi connectivity index (χ2n) is 4.82. The van der Waals surface area contributed by atoms with E-state index >= 15 is 0 Å². The van der Waals surface area contributed by atoms with E-state index in [-0.39, 0.29) is 16.1 Å². The summed E-state index contributed by atoms with van der Waals surface area (Å²) in [7, 11) is 0. The van der Waals surface area contributed by atoms with E-state index in [1.54, 1.807) is 13.8 Å². The molecule has 4 nitrogen and oxygen atoms in total. The van der Waals surface area contributed by atoms with Crippen LogP contribution < -0.4 is 5.32 Å². The van der Waals surface area contributed by atoms with Crippen LogP contribution in [0.4, 0.5) is 18.2 Å². The van der Waals surface area contributed by atoms with Crippen LogP contribution in [0.2, 0.25) is 0 Å². The minimum Gasteiger partial charge on any atom is -0.478 e. The molecule has 0 aliphatic heterocycles. The zero-order valence-electron chi connectivity index (χ0n) is 12.1. The van der Waals surface area contributed by atoms with Crippen LogP contribution in [0.25, 0.3) is 0 Å². The van der Waals surface area contributed by atoms with Gasteiger partial charge in [-0.05, 0) is 43.7 Å². The summed E-state index contributed by atoms with van der Waals surface area (Å²) in [4.78, 5) is 24.1. The van der Waals surface area contributed by atoms with E-state index in [0.717, 1.165) is 40.5 Å². The van der Waals surface area contributed by atoms with Gasteiger partial charge in [-0.15, -0.1) is 11.3 Å². The zero-order valence-corrected chi connectivity index (χ0v) is 12.9. The van der Waals surface area contributed by atoms with Crippen molar-refractivity contribution in [2.75, 3.05) is 5.32 Å². The summed E-state index contributed by atoms with van der Waals surface area (Å²) in [6.07, 6.45) is -4.48. The van der Waals surface area contributed by atoms with Gasteiger partial charge in [0, 0.05) is 10.4 Å². The second-order valence-corrected chi connectivity index (χ2v) is 6.05. The summed E-state index contributed by atoms with van der Waals surface area (Å²) in [6.45, 7) is 3.35. The highest BCUT2D eigenvalue weighted by molar-refractivity contribution is 7.16. The van der Waals surface area contributed by atoms with E-state index in [4.69, 9.17) is 0 Å². The number of rotatable bonds is 3. The molecule has 0 aliphatic rings. The molecular formula is C15H12F3NO3S. The molecule has 0 saturated heterocycles. The van der Waals surface area contributed by atoms with Gasteiger partial charge in [0.1, 0.15) is 5.00 Å². The summed E-state index contributed by atoms with van der Waals surface area (Å²) >= 11 is 1.11. The number of halogens is 3. The van der Waals surface area contributed by atoms with Crippen molar-refractivity contribution >= 4 is 28.2 Å². The van der Waals surface area contributed by atoms with Gasteiger partial charge in [-0.3, -0.25) is 4.79 Å². The fourth-order valence-electron chi connectivity index (χ4n) is 1.96. The third-order valence-corrected chi connectivity index (χ3v) is 4.42. The Kier molecular flexibility index (Phi) is 4.46. The molecule has 1 aromatic carbocycles. The van der Waals surface area contributed by atoms with Gasteiger partial charge in [0.05, 0.1) is 11.1 Å². The summed E-state index contributed by atoms with van der Waals surface area (Å²) in [5, 5.41) is 11.8. The average Bonchev–Trinajstić information content (AvgIpc) is 2.73. The third-order valence-electron chi connectivity index (χ3n) is 3.30. The molecule has 2 N–H and O–H groups in total. The SMILES string of the molecule is Cc1sc(NC(=O)c2ccc(C(F)(F)F)cc2)c(C(=O)O)c1C. The van der Waals surface area contributed by atoms with E-state index in [1.807, 2.05) is 0 Å². The lowest BCUT2D eigenvalue weighted by atomic mass is 10.1. The number of aryl methyl sites for hydroxylation is 1. The van der Waals surface area contributed by atoms with Crippen molar-refractivity contribution in [1.82, 2.24) is 0 Å². The molecule has 0 radical (unpaired) electrons. The summed E-state index contributed by atoms with van der Waals surface area (Å²) in [6, 6.07) is 3.70. The number of carbonyl (C=O) groups excluding carboxylic acids is 1. The Bertz CT molecular complexity index is 764. The zero-order chi connectivity index (χ0) is 17.4. The number of amides is 1. The molecule has 0 saturated carbocycles. The van der Waals surface area contributed by atoms with Gasteiger partial charge in [0.15, 0.2) is 0 Å². The number of anilines is 1. The van der Waals surface area contributed by atoms with Crippen LogP contribution in [0, 0.1) is 13.8 Å². The fourth-order valence-corrected chi connectivity index (χ4v) is 3.01. The van der Waals surface area contributed by atoms with Gasteiger partial charge >= 0.3 is 12.1 Å². The lowest BCUT2D eigenvalue weighted by molar-refractivity contribution is -0.137. The highest BCUT2D eigenvalue weighted by atomic mass is 32.1. The first-order valence-corrected chi connectivity index (χ1v) is 7.24. The van der Waals surface area contributed by atoms with E-state index in [0.29, 0.717) is 5.56 Å². The topological polar surface area (TPSA) is 66.4 Å². The lowest BCUT2D eigenvalue weighted by Crippen LogP contribution is -2.14. The predicted octanol–water partition coefficient (Wildman–Crippen LogP) is 4.33. The molecule has 1 aromatic heterocycles. The quantitative estimate of drug-likeness (QED) is 0.871. The second kappa shape index (κ2) is 6.04. The standard InChI is InChI=1S/C15H12F3NO3S/c1-7-8(2)23-13(11(7)14(21)22)19-12(20)9-3-5-10(6-4-9)15(16,17)18/h3-6H,1-2H3,(H,19,20)(H,21,22). The summed E-state index contributed by atoms with van der Waals surface area (Å²) in [5.74, 6) is -1.84. The number of carboxylic acid groups (broad SMARTS) is 1. The first kappa shape index (κ1) is 17.0. The first-order chi connectivity index (χ1) is 10.6. The number of benzene rings is 1. The Morgan fingerprint density at radius 1 is 1.13 bits per heavy atom. The van der Waals surface area contributed by atoms with Crippen LogP contribution in [0.3, 0.4) is 0 Å². The predicted molar refractivity (Wildman–Crippen MR) is 80.1 cm³/mol. The molecule has 2 rings (SSSR count). The molecule has 0 atom stereocenters. The van der Waals surface area contributed by atoms with Gasteiger partial charge in [0.2, 0.25) is 0 Å². The van der Waals surface area contributed by atoms with Crippen molar-refractivity contribution in [3.8, 4) is 0 Å². The number of hydrogen-bond acceptors (Lipinski definition) is 3. The number of hydrogen-bond donors (Lipinski definition) is 2. The number of alkyl halides is 3. The maximum absolute atomic E-state index is 12.5. The minimum atomic E-state index is -4.48. The average molecular weight is 343 g/mol. The Morgan fingerprint density at radius 2 is 1.70 bits per heavy atom. The van der Waals surface area contributed by atoms with Crippen molar-refractivity contribution in [2.45, 2.75) is 20.0 Å². The van der Waals surface area contributed by atoms with Crippen molar-refractivity contribution in [3.63, 3.8) is 0 Å². The largest absolute Gasteiger partial charge is 0.478 e. The molecule has 0 aliphatic carbocycles. The van der Waals surface area contributed by atoms with Crippen molar-refractivity contribution in [2.24, 2.45) is 0 Å². The van der Waals surface area contributed by atoms with E-state index in [2.05, 4.69) is 5.32 Å². The smallest absolute Gasteiger partial charge is 0.416 e. The van der Waals surface area contributed by atoms with Crippen molar-refractivity contribution in [1.29, 1.82) is 0 Å². The van der Waals surface area contributed by atoms with Crippen LogP contribution in [0.5, 0.6) is 0 Å². The van der Waals surface area contributed by atoms with Crippen LogP contribution in [0.15, 0.2) is 24.3 Å².